The minimum absolute atomic E-state index is 0.256. The molecule has 0 aliphatic heterocycles. The first-order valence-electron chi connectivity index (χ1n) is 16.7. The Balaban J connectivity index is 1.34. The molecule has 4 rings (SSSR count). The smallest absolute Gasteiger partial charge is 0.407 e. The van der Waals surface area contributed by atoms with Crippen molar-refractivity contribution in [1.29, 1.82) is 0 Å². The number of carbonyl (C=O) groups is 1. The number of hydrogen-bond acceptors (Lipinski definition) is 3. The lowest BCUT2D eigenvalue weighted by molar-refractivity contribution is -0.0544. The Hall–Kier alpha value is -1.03. The summed E-state index contributed by atoms with van der Waals surface area (Å²) in [5, 5.41) is 2.89. The summed E-state index contributed by atoms with van der Waals surface area (Å²) >= 11 is 0. The third-order valence-electron chi connectivity index (χ3n) is 12.7. The molecule has 3 fully saturated rings. The van der Waals surface area contributed by atoms with Gasteiger partial charge in [-0.25, -0.2) is 4.79 Å². The number of amides is 1. The number of alkyl carbamates (subject to hydrolysis) is 1. The molecule has 0 bridgehead atoms. The summed E-state index contributed by atoms with van der Waals surface area (Å²) in [7, 11) is 4.03. The molecule has 4 aliphatic rings. The number of hydrogen-bond donors (Lipinski definition) is 1. The fourth-order valence-electron chi connectivity index (χ4n) is 10.2. The summed E-state index contributed by atoms with van der Waals surface area (Å²) < 4.78 is 5.65. The third kappa shape index (κ3) is 6.57. The molecule has 3 saturated carbocycles. The number of rotatable bonds is 11. The molecule has 0 aromatic carbocycles. The summed E-state index contributed by atoms with van der Waals surface area (Å²) in [6.07, 6.45) is 17.3. The number of likely N-dealkylation sites (N-methyl/N-ethyl adjacent to an activating group) is 1. The van der Waals surface area contributed by atoms with Crippen molar-refractivity contribution in [2.75, 3.05) is 33.8 Å². The molecule has 1 N–H and O–H groups in total. The van der Waals surface area contributed by atoms with E-state index in [-0.39, 0.29) is 6.09 Å². The van der Waals surface area contributed by atoms with Crippen molar-refractivity contribution in [3.8, 4) is 0 Å². The van der Waals surface area contributed by atoms with E-state index in [1.54, 1.807) is 5.57 Å². The Morgan fingerprint density at radius 1 is 1.08 bits per heavy atom. The Bertz CT molecular complexity index is 852. The predicted octanol–water partition coefficient (Wildman–Crippen LogP) is 8.57. The summed E-state index contributed by atoms with van der Waals surface area (Å²) in [4.78, 5) is 14.2. The molecule has 0 aromatic rings. The van der Waals surface area contributed by atoms with Gasteiger partial charge < -0.3 is 15.0 Å². The lowest BCUT2D eigenvalue weighted by Crippen LogP contribution is -2.50. The molecular weight excluding hydrogens is 480 g/mol. The van der Waals surface area contributed by atoms with Crippen molar-refractivity contribution in [3.63, 3.8) is 0 Å². The van der Waals surface area contributed by atoms with Crippen LogP contribution in [0.1, 0.15) is 112 Å². The summed E-state index contributed by atoms with van der Waals surface area (Å²) in [6, 6.07) is 0. The average Bonchev–Trinajstić information content (AvgIpc) is 3.24. The highest BCUT2D eigenvalue weighted by molar-refractivity contribution is 5.67. The second-order valence-corrected chi connectivity index (χ2v) is 15.4. The molecule has 4 aliphatic carbocycles. The molecule has 0 aromatic heterocycles. The number of allylic oxidation sites excluding steroid dienone is 2. The lowest BCUT2D eigenvalue weighted by Gasteiger charge is -2.58. The van der Waals surface area contributed by atoms with Crippen LogP contribution in [0.5, 0.6) is 0 Å². The van der Waals surface area contributed by atoms with Crippen LogP contribution in [0.25, 0.3) is 0 Å². The Kier molecular flexibility index (Phi) is 10.2. The SMILES string of the molecule is CC[C@H](CC[C@@H](C)[C@H]1CC[C@H]2[C@@H]3CC=C4C[C@@H](COC(=O)NCCN(C)C)CC[C@]4(C)[C@H]3CC[C@]12C)C(C)C. The van der Waals surface area contributed by atoms with E-state index >= 15 is 0 Å². The number of fused-ring (bicyclic) bond motifs is 5. The monoisotopic (exact) mass is 542 g/mol. The fraction of sp³-hybridized carbons (Fsp3) is 0.914. The molecule has 224 valence electrons. The van der Waals surface area contributed by atoms with E-state index in [0.717, 1.165) is 54.4 Å². The minimum Gasteiger partial charge on any atom is -0.449 e. The van der Waals surface area contributed by atoms with E-state index in [1.807, 2.05) is 14.1 Å². The zero-order valence-electron chi connectivity index (χ0n) is 26.9. The highest BCUT2D eigenvalue weighted by Gasteiger charge is 2.59. The van der Waals surface area contributed by atoms with Crippen LogP contribution in [0.2, 0.25) is 0 Å². The topological polar surface area (TPSA) is 41.6 Å². The molecule has 0 spiro atoms. The first-order chi connectivity index (χ1) is 18.5. The number of nitrogens with one attached hydrogen (secondary N) is 1. The van der Waals surface area contributed by atoms with Gasteiger partial charge in [0.25, 0.3) is 0 Å². The van der Waals surface area contributed by atoms with Crippen molar-refractivity contribution >= 4 is 6.09 Å². The largest absolute Gasteiger partial charge is 0.449 e. The van der Waals surface area contributed by atoms with Crippen molar-refractivity contribution in [3.05, 3.63) is 11.6 Å². The maximum Gasteiger partial charge on any atom is 0.407 e. The third-order valence-corrected chi connectivity index (χ3v) is 12.7. The van der Waals surface area contributed by atoms with Crippen molar-refractivity contribution in [1.82, 2.24) is 10.2 Å². The van der Waals surface area contributed by atoms with Gasteiger partial charge in [0.2, 0.25) is 0 Å². The molecule has 4 heteroatoms. The Labute approximate surface area is 241 Å². The van der Waals surface area contributed by atoms with Crippen LogP contribution < -0.4 is 5.32 Å². The van der Waals surface area contributed by atoms with Gasteiger partial charge in [-0.3, -0.25) is 0 Å². The predicted molar refractivity (Wildman–Crippen MR) is 164 cm³/mol. The second kappa shape index (κ2) is 12.9. The van der Waals surface area contributed by atoms with E-state index in [1.165, 1.54) is 64.2 Å². The van der Waals surface area contributed by atoms with Crippen LogP contribution in [0.3, 0.4) is 0 Å². The normalized spacial score (nSPS) is 37.5. The summed E-state index contributed by atoms with van der Waals surface area (Å²) in [5.41, 5.74) is 2.61. The maximum absolute atomic E-state index is 12.2. The van der Waals surface area contributed by atoms with Crippen LogP contribution in [0.15, 0.2) is 11.6 Å². The van der Waals surface area contributed by atoms with E-state index in [9.17, 15) is 4.79 Å². The van der Waals surface area contributed by atoms with Gasteiger partial charge in [0, 0.05) is 13.1 Å². The van der Waals surface area contributed by atoms with Gasteiger partial charge >= 0.3 is 6.09 Å². The molecule has 9 atom stereocenters. The van der Waals surface area contributed by atoms with Crippen molar-refractivity contribution < 1.29 is 9.53 Å². The maximum atomic E-state index is 12.2. The van der Waals surface area contributed by atoms with Crippen LogP contribution in [-0.2, 0) is 4.74 Å². The van der Waals surface area contributed by atoms with E-state index in [0.29, 0.717) is 29.9 Å². The first kappa shape index (κ1) is 30.9. The Morgan fingerprint density at radius 2 is 1.85 bits per heavy atom. The number of nitrogens with zero attached hydrogens (tertiary/aromatic N) is 1. The van der Waals surface area contributed by atoms with Gasteiger partial charge in [0.15, 0.2) is 0 Å². The molecule has 1 amide bonds. The molecule has 39 heavy (non-hydrogen) atoms. The van der Waals surface area contributed by atoms with E-state index in [4.69, 9.17) is 4.74 Å². The van der Waals surface area contributed by atoms with Gasteiger partial charge in [-0.2, -0.15) is 0 Å². The van der Waals surface area contributed by atoms with Gasteiger partial charge in [-0.1, -0.05) is 66.0 Å². The van der Waals surface area contributed by atoms with E-state index < -0.39 is 0 Å². The zero-order chi connectivity index (χ0) is 28.4. The molecular formula is C35H62N2O2. The lowest BCUT2D eigenvalue weighted by atomic mass is 9.46. The molecule has 0 heterocycles. The van der Waals surface area contributed by atoms with Crippen LogP contribution in [0.4, 0.5) is 4.79 Å². The molecule has 0 saturated heterocycles. The molecule has 0 radical (unpaired) electrons. The van der Waals surface area contributed by atoms with Crippen LogP contribution >= 0.6 is 0 Å². The van der Waals surface area contributed by atoms with Gasteiger partial charge in [0.1, 0.15) is 0 Å². The van der Waals surface area contributed by atoms with Crippen molar-refractivity contribution in [2.24, 2.45) is 58.2 Å². The highest BCUT2D eigenvalue weighted by Crippen LogP contribution is 2.67. The van der Waals surface area contributed by atoms with Crippen LogP contribution in [0, 0.1) is 58.2 Å². The van der Waals surface area contributed by atoms with E-state index in [2.05, 4.69) is 57.8 Å². The van der Waals surface area contributed by atoms with Crippen LogP contribution in [-0.4, -0.2) is 44.8 Å². The van der Waals surface area contributed by atoms with Gasteiger partial charge in [-0.05, 0) is 130 Å². The highest BCUT2D eigenvalue weighted by atomic mass is 16.5. The zero-order valence-corrected chi connectivity index (χ0v) is 26.9. The summed E-state index contributed by atoms with van der Waals surface area (Å²) in [6.45, 7) is 17.2. The average molecular weight is 543 g/mol. The molecule has 0 unspecified atom stereocenters. The standard InChI is InChI=1S/C35H62N2O2/c1-9-27(24(2)3)11-10-25(4)30-14-15-31-29-13-12-28-22-26(23-39-33(38)36-20-21-37(7)8)16-18-34(28,5)32(29)17-19-35(30,31)6/h12,24-27,29-32H,9-11,13-23H2,1-8H3,(H,36,38)/t25-,26+,27-,29+,30-,31+,32+,34+,35-/m1/s1. The number of carbonyl (C=O) groups excluding carboxylic acids is 1. The Morgan fingerprint density at radius 3 is 2.54 bits per heavy atom. The minimum atomic E-state index is -0.256. The second-order valence-electron chi connectivity index (χ2n) is 15.4. The quantitative estimate of drug-likeness (QED) is 0.266. The fourth-order valence-corrected chi connectivity index (χ4v) is 10.2. The summed E-state index contributed by atoms with van der Waals surface area (Å²) in [5.74, 6) is 6.62. The van der Waals surface area contributed by atoms with Gasteiger partial charge in [0.05, 0.1) is 6.61 Å². The number of ether oxygens (including phenoxy) is 1. The molecule has 4 nitrogen and oxygen atoms in total. The van der Waals surface area contributed by atoms with Crippen molar-refractivity contribution in [2.45, 2.75) is 112 Å². The van der Waals surface area contributed by atoms with Gasteiger partial charge in [-0.15, -0.1) is 0 Å². The first-order valence-corrected chi connectivity index (χ1v) is 16.7.